The van der Waals surface area contributed by atoms with Crippen LogP contribution in [-0.4, -0.2) is 15.0 Å². The molecular formula is C10H7Br2F2N3. The van der Waals surface area contributed by atoms with Crippen LogP contribution in [0, 0.1) is 11.6 Å². The molecule has 2 rings (SSSR count). The van der Waals surface area contributed by atoms with Crippen LogP contribution in [0.2, 0.25) is 0 Å². The lowest BCUT2D eigenvalue weighted by atomic mass is 10.3. The molecule has 0 bridgehead atoms. The lowest BCUT2D eigenvalue weighted by Crippen LogP contribution is -2.01. The van der Waals surface area contributed by atoms with Crippen LogP contribution in [-0.2, 0) is 0 Å². The van der Waals surface area contributed by atoms with Crippen molar-refractivity contribution in [3.05, 3.63) is 40.1 Å². The zero-order valence-corrected chi connectivity index (χ0v) is 11.8. The molecule has 90 valence electrons. The number of rotatable bonds is 2. The van der Waals surface area contributed by atoms with Gasteiger partial charge in [0.2, 0.25) is 0 Å². The molecule has 1 heterocycles. The molecule has 0 aliphatic carbocycles. The number of halogens is 4. The third-order valence-corrected chi connectivity index (χ3v) is 3.20. The molecule has 1 atom stereocenters. The topological polar surface area (TPSA) is 30.7 Å². The molecule has 1 aromatic carbocycles. The summed E-state index contributed by atoms with van der Waals surface area (Å²) in [7, 11) is 0. The van der Waals surface area contributed by atoms with E-state index in [1.807, 2.05) is 6.92 Å². The molecule has 0 fully saturated rings. The third kappa shape index (κ3) is 2.55. The van der Waals surface area contributed by atoms with Gasteiger partial charge in [0.15, 0.2) is 5.82 Å². The summed E-state index contributed by atoms with van der Waals surface area (Å²) in [5, 5.41) is 7.68. The predicted octanol–water partition coefficient (Wildman–Crippen LogP) is 3.76. The Morgan fingerprint density at radius 1 is 1.35 bits per heavy atom. The van der Waals surface area contributed by atoms with E-state index in [1.165, 1.54) is 10.7 Å². The van der Waals surface area contributed by atoms with Crippen LogP contribution >= 0.6 is 31.9 Å². The fourth-order valence-electron chi connectivity index (χ4n) is 1.32. The number of nitrogens with zero attached hydrogens (tertiary/aromatic N) is 3. The molecule has 0 saturated carbocycles. The van der Waals surface area contributed by atoms with E-state index in [-0.39, 0.29) is 15.0 Å². The Bertz CT molecular complexity index is 531. The average molecular weight is 367 g/mol. The third-order valence-electron chi connectivity index (χ3n) is 2.13. The minimum absolute atomic E-state index is 0.0125. The fourth-order valence-corrected chi connectivity index (χ4v) is 2.12. The first-order valence-electron chi connectivity index (χ1n) is 4.70. The summed E-state index contributed by atoms with van der Waals surface area (Å²) in [6.07, 6.45) is 1.58. The van der Waals surface area contributed by atoms with E-state index in [9.17, 15) is 8.78 Å². The Morgan fingerprint density at radius 3 is 2.59 bits per heavy atom. The van der Waals surface area contributed by atoms with Crippen molar-refractivity contribution in [3.8, 4) is 5.69 Å². The summed E-state index contributed by atoms with van der Waals surface area (Å²) in [6, 6.07) is 1.98. The number of benzene rings is 1. The summed E-state index contributed by atoms with van der Waals surface area (Å²) < 4.78 is 28.1. The minimum Gasteiger partial charge on any atom is -0.216 e. The molecule has 0 saturated heterocycles. The van der Waals surface area contributed by atoms with Gasteiger partial charge >= 0.3 is 0 Å². The van der Waals surface area contributed by atoms with Crippen molar-refractivity contribution in [1.82, 2.24) is 15.0 Å². The summed E-state index contributed by atoms with van der Waals surface area (Å²) >= 11 is 6.44. The van der Waals surface area contributed by atoms with Crippen LogP contribution in [0.4, 0.5) is 8.78 Å². The molecule has 0 aliphatic rings. The van der Waals surface area contributed by atoms with Crippen molar-refractivity contribution in [2.75, 3.05) is 0 Å². The average Bonchev–Trinajstić information content (AvgIpc) is 2.65. The molecule has 1 aromatic heterocycles. The second kappa shape index (κ2) is 4.81. The lowest BCUT2D eigenvalue weighted by Gasteiger charge is -2.05. The van der Waals surface area contributed by atoms with Crippen LogP contribution < -0.4 is 0 Å². The van der Waals surface area contributed by atoms with Gasteiger partial charge in [-0.1, -0.05) is 21.1 Å². The Balaban J connectivity index is 2.52. The highest BCUT2D eigenvalue weighted by Crippen LogP contribution is 2.26. The van der Waals surface area contributed by atoms with E-state index in [1.54, 1.807) is 6.20 Å². The second-order valence-corrected chi connectivity index (χ2v) is 5.65. The van der Waals surface area contributed by atoms with Gasteiger partial charge in [-0.15, -0.1) is 5.10 Å². The molecule has 3 nitrogen and oxygen atoms in total. The fraction of sp³-hybridized carbons (Fsp3) is 0.200. The summed E-state index contributed by atoms with van der Waals surface area (Å²) in [5.74, 6) is -1.34. The van der Waals surface area contributed by atoms with Crippen LogP contribution in [0.5, 0.6) is 0 Å². The molecule has 0 aliphatic heterocycles. The molecule has 0 spiro atoms. The first-order valence-corrected chi connectivity index (χ1v) is 6.41. The maximum Gasteiger partial charge on any atom is 0.152 e. The quantitative estimate of drug-likeness (QED) is 0.757. The molecular weight excluding hydrogens is 360 g/mol. The van der Waals surface area contributed by atoms with Crippen LogP contribution in [0.1, 0.15) is 17.4 Å². The Kier molecular flexibility index (Phi) is 3.58. The summed E-state index contributed by atoms with van der Waals surface area (Å²) in [6.45, 7) is 1.88. The van der Waals surface area contributed by atoms with Crippen molar-refractivity contribution in [2.24, 2.45) is 0 Å². The van der Waals surface area contributed by atoms with Crippen molar-refractivity contribution >= 4 is 31.9 Å². The smallest absolute Gasteiger partial charge is 0.152 e. The van der Waals surface area contributed by atoms with E-state index in [2.05, 4.69) is 42.2 Å². The van der Waals surface area contributed by atoms with E-state index in [4.69, 9.17) is 0 Å². The van der Waals surface area contributed by atoms with E-state index < -0.39 is 11.6 Å². The lowest BCUT2D eigenvalue weighted by molar-refractivity contribution is 0.570. The van der Waals surface area contributed by atoms with Gasteiger partial charge in [0, 0.05) is 10.5 Å². The zero-order chi connectivity index (χ0) is 12.6. The summed E-state index contributed by atoms with van der Waals surface area (Å²) in [5.41, 5.74) is 0.805. The maximum absolute atomic E-state index is 13.6. The molecule has 0 N–H and O–H groups in total. The van der Waals surface area contributed by atoms with Gasteiger partial charge < -0.3 is 0 Å². The Labute approximate surface area is 113 Å². The highest BCUT2D eigenvalue weighted by Gasteiger charge is 2.14. The highest BCUT2D eigenvalue weighted by molar-refractivity contribution is 9.10. The predicted molar refractivity (Wildman–Crippen MR) is 66.3 cm³/mol. The molecule has 1 unspecified atom stereocenters. The maximum atomic E-state index is 13.6. The standard InChI is InChI=1S/C10H7Br2F2N3/c1-5(11)9-4-17(16-15-9)10-7(12)2-6(13)3-8(10)14/h2-5H,1H3. The van der Waals surface area contributed by atoms with E-state index in [0.29, 0.717) is 5.69 Å². The van der Waals surface area contributed by atoms with Gasteiger partial charge in [0.1, 0.15) is 11.5 Å². The van der Waals surface area contributed by atoms with E-state index >= 15 is 0 Å². The largest absolute Gasteiger partial charge is 0.216 e. The van der Waals surface area contributed by atoms with E-state index in [0.717, 1.165) is 6.07 Å². The first kappa shape index (κ1) is 12.6. The van der Waals surface area contributed by atoms with Crippen molar-refractivity contribution in [1.29, 1.82) is 0 Å². The minimum atomic E-state index is -0.699. The number of alkyl halides is 1. The van der Waals surface area contributed by atoms with Crippen LogP contribution in [0.25, 0.3) is 5.69 Å². The Morgan fingerprint density at radius 2 is 2.06 bits per heavy atom. The normalized spacial score (nSPS) is 12.8. The number of aromatic nitrogens is 3. The SMILES string of the molecule is CC(Br)c1cn(-c2c(F)cc(F)cc2Br)nn1. The molecule has 2 aromatic rings. The highest BCUT2D eigenvalue weighted by atomic mass is 79.9. The van der Waals surface area contributed by atoms with Crippen molar-refractivity contribution in [3.63, 3.8) is 0 Å². The zero-order valence-electron chi connectivity index (χ0n) is 8.66. The van der Waals surface area contributed by atoms with Crippen LogP contribution in [0.3, 0.4) is 0 Å². The van der Waals surface area contributed by atoms with Crippen molar-refractivity contribution < 1.29 is 8.78 Å². The second-order valence-electron chi connectivity index (χ2n) is 3.42. The number of hydrogen-bond donors (Lipinski definition) is 0. The molecule has 17 heavy (non-hydrogen) atoms. The van der Waals surface area contributed by atoms with Gasteiger partial charge in [0.05, 0.1) is 16.7 Å². The van der Waals surface area contributed by atoms with Crippen LogP contribution in [0.15, 0.2) is 22.8 Å². The monoisotopic (exact) mass is 365 g/mol. The van der Waals surface area contributed by atoms with Gasteiger partial charge in [-0.2, -0.15) is 0 Å². The van der Waals surface area contributed by atoms with Gasteiger partial charge in [-0.3, -0.25) is 0 Å². The van der Waals surface area contributed by atoms with Gasteiger partial charge in [-0.25, -0.2) is 13.5 Å². The molecule has 0 radical (unpaired) electrons. The van der Waals surface area contributed by atoms with Gasteiger partial charge in [0.25, 0.3) is 0 Å². The van der Waals surface area contributed by atoms with Gasteiger partial charge in [-0.05, 0) is 28.9 Å². The first-order chi connectivity index (χ1) is 7.99. The Hall–Kier alpha value is -0.820. The molecule has 7 heteroatoms. The summed E-state index contributed by atoms with van der Waals surface area (Å²) in [4.78, 5) is 0.0125. The molecule has 0 amide bonds. The van der Waals surface area contributed by atoms with Crippen molar-refractivity contribution in [2.45, 2.75) is 11.8 Å². The number of hydrogen-bond acceptors (Lipinski definition) is 2.